The molecule has 1 aromatic carbocycles. The van der Waals surface area contributed by atoms with Crippen molar-refractivity contribution in [3.05, 3.63) is 35.9 Å². The highest BCUT2D eigenvalue weighted by molar-refractivity contribution is 5.90. The Hall–Kier alpha value is -3.10. The first-order chi connectivity index (χ1) is 13.9. The molecule has 3 aliphatic rings. The van der Waals surface area contributed by atoms with Crippen molar-refractivity contribution in [2.75, 3.05) is 19.6 Å². The van der Waals surface area contributed by atoms with Crippen LogP contribution in [0.5, 0.6) is 0 Å². The molecule has 154 valence electrons. The number of hydrogen-bond acceptors (Lipinski definition) is 4. The number of rotatable bonds is 5. The van der Waals surface area contributed by atoms with Crippen LogP contribution in [0.4, 0.5) is 4.79 Å². The van der Waals surface area contributed by atoms with E-state index in [0.29, 0.717) is 13.0 Å². The maximum absolute atomic E-state index is 13.0. The van der Waals surface area contributed by atoms with Crippen molar-refractivity contribution in [2.45, 2.75) is 37.4 Å². The minimum atomic E-state index is -0.787. The predicted molar refractivity (Wildman–Crippen MR) is 103 cm³/mol. The number of nitrogens with two attached hydrogens (primary N) is 1. The molecule has 2 saturated heterocycles. The molecule has 2 heterocycles. The SMILES string of the molecule is NC(=O)NCC(=O)N1CC(=O)N2[C@@H](C[C@H](C(=O)NC3CC3)[C@@H]2c2ccccc2)C1. The summed E-state index contributed by atoms with van der Waals surface area (Å²) >= 11 is 0. The fourth-order valence-electron chi connectivity index (χ4n) is 4.34. The Morgan fingerprint density at radius 1 is 1.14 bits per heavy atom. The molecular weight excluding hydrogens is 374 g/mol. The Labute approximate surface area is 168 Å². The molecule has 3 fully saturated rings. The third-order valence-corrected chi connectivity index (χ3v) is 5.81. The number of hydrogen-bond donors (Lipinski definition) is 3. The summed E-state index contributed by atoms with van der Waals surface area (Å²) in [4.78, 5) is 52.4. The number of nitrogens with one attached hydrogen (secondary N) is 2. The quantitative estimate of drug-likeness (QED) is 0.630. The zero-order valence-electron chi connectivity index (χ0n) is 16.0. The van der Waals surface area contributed by atoms with E-state index in [2.05, 4.69) is 10.6 Å². The van der Waals surface area contributed by atoms with E-state index in [9.17, 15) is 19.2 Å². The topological polar surface area (TPSA) is 125 Å². The number of carbonyl (C=O) groups is 4. The van der Waals surface area contributed by atoms with E-state index < -0.39 is 6.03 Å². The predicted octanol–water partition coefficient (Wildman–Crippen LogP) is -0.266. The van der Waals surface area contributed by atoms with E-state index in [-0.39, 0.29) is 54.9 Å². The normalized spacial score (nSPS) is 26.1. The average Bonchev–Trinajstić information content (AvgIpc) is 3.42. The van der Waals surface area contributed by atoms with Gasteiger partial charge in [0.25, 0.3) is 0 Å². The Balaban J connectivity index is 1.55. The molecule has 1 saturated carbocycles. The monoisotopic (exact) mass is 399 g/mol. The van der Waals surface area contributed by atoms with E-state index >= 15 is 0 Å². The van der Waals surface area contributed by atoms with Gasteiger partial charge in [0, 0.05) is 12.6 Å². The second-order valence-corrected chi connectivity index (χ2v) is 7.93. The third-order valence-electron chi connectivity index (χ3n) is 5.81. The molecule has 4 N–H and O–H groups in total. The zero-order chi connectivity index (χ0) is 20.5. The molecule has 1 aromatic rings. The lowest BCUT2D eigenvalue weighted by molar-refractivity contribution is -0.148. The molecule has 29 heavy (non-hydrogen) atoms. The summed E-state index contributed by atoms with van der Waals surface area (Å²) < 4.78 is 0. The molecule has 0 radical (unpaired) electrons. The molecule has 0 spiro atoms. The average molecular weight is 399 g/mol. The number of piperazine rings is 1. The van der Waals surface area contributed by atoms with E-state index in [1.165, 1.54) is 4.90 Å². The lowest BCUT2D eigenvalue weighted by Gasteiger charge is -2.40. The van der Waals surface area contributed by atoms with Crippen molar-refractivity contribution in [3.8, 4) is 0 Å². The fraction of sp³-hybridized carbons (Fsp3) is 0.500. The molecule has 0 bridgehead atoms. The number of amides is 5. The highest BCUT2D eigenvalue weighted by Crippen LogP contribution is 2.43. The highest BCUT2D eigenvalue weighted by Gasteiger charge is 2.51. The molecule has 0 aromatic heterocycles. The van der Waals surface area contributed by atoms with Crippen LogP contribution in [0.3, 0.4) is 0 Å². The summed E-state index contributed by atoms with van der Waals surface area (Å²) in [6, 6.07) is 8.45. The Kier molecular flexibility index (Phi) is 5.12. The zero-order valence-corrected chi connectivity index (χ0v) is 16.0. The molecule has 2 aliphatic heterocycles. The van der Waals surface area contributed by atoms with Crippen LogP contribution in [0.2, 0.25) is 0 Å². The minimum absolute atomic E-state index is 0.0307. The van der Waals surface area contributed by atoms with E-state index in [1.54, 1.807) is 4.90 Å². The van der Waals surface area contributed by atoms with Crippen molar-refractivity contribution in [1.82, 2.24) is 20.4 Å². The molecule has 1 aliphatic carbocycles. The van der Waals surface area contributed by atoms with Crippen LogP contribution in [0, 0.1) is 5.92 Å². The lowest BCUT2D eigenvalue weighted by Crippen LogP contribution is -2.57. The van der Waals surface area contributed by atoms with Gasteiger partial charge in [-0.15, -0.1) is 0 Å². The summed E-state index contributed by atoms with van der Waals surface area (Å²) in [5.41, 5.74) is 5.95. The van der Waals surface area contributed by atoms with Crippen molar-refractivity contribution >= 4 is 23.8 Å². The minimum Gasteiger partial charge on any atom is -0.353 e. The van der Waals surface area contributed by atoms with Crippen molar-refractivity contribution in [1.29, 1.82) is 0 Å². The second kappa shape index (κ2) is 7.73. The van der Waals surface area contributed by atoms with Gasteiger partial charge in [0.15, 0.2) is 0 Å². The summed E-state index contributed by atoms with van der Waals surface area (Å²) in [6.45, 7) is 0.0146. The molecule has 5 amide bonds. The summed E-state index contributed by atoms with van der Waals surface area (Å²) in [5, 5.41) is 5.33. The summed E-state index contributed by atoms with van der Waals surface area (Å²) in [7, 11) is 0. The van der Waals surface area contributed by atoms with Gasteiger partial charge in [0.2, 0.25) is 17.7 Å². The van der Waals surface area contributed by atoms with Gasteiger partial charge in [-0.05, 0) is 24.8 Å². The standard InChI is InChI=1S/C20H25N5O4/c21-20(29)22-9-16(26)24-10-14-8-15(19(28)23-13-6-7-13)18(25(14)17(27)11-24)12-4-2-1-3-5-12/h1-5,13-15,18H,6-11H2,(H,23,28)(H3,21,22,29)/t14-,15-,18-/m0/s1. The number of primary amides is 1. The van der Waals surface area contributed by atoms with E-state index in [4.69, 9.17) is 5.73 Å². The fourth-order valence-corrected chi connectivity index (χ4v) is 4.34. The van der Waals surface area contributed by atoms with Crippen molar-refractivity contribution in [3.63, 3.8) is 0 Å². The lowest BCUT2D eigenvalue weighted by atomic mass is 9.92. The van der Waals surface area contributed by atoms with Gasteiger partial charge >= 0.3 is 6.03 Å². The summed E-state index contributed by atoms with van der Waals surface area (Å²) in [6.07, 6.45) is 2.49. The Morgan fingerprint density at radius 3 is 2.52 bits per heavy atom. The maximum Gasteiger partial charge on any atom is 0.312 e. The van der Waals surface area contributed by atoms with Gasteiger partial charge in [-0.25, -0.2) is 4.79 Å². The first-order valence-electron chi connectivity index (χ1n) is 9.91. The highest BCUT2D eigenvalue weighted by atomic mass is 16.2. The van der Waals surface area contributed by atoms with Crippen LogP contribution in [-0.2, 0) is 14.4 Å². The Bertz CT molecular complexity index is 825. The number of benzene rings is 1. The van der Waals surface area contributed by atoms with E-state index in [1.807, 2.05) is 30.3 Å². The molecule has 9 nitrogen and oxygen atoms in total. The smallest absolute Gasteiger partial charge is 0.312 e. The van der Waals surface area contributed by atoms with Gasteiger partial charge in [-0.2, -0.15) is 0 Å². The molecule has 4 rings (SSSR count). The second-order valence-electron chi connectivity index (χ2n) is 7.93. The first-order valence-corrected chi connectivity index (χ1v) is 9.91. The number of nitrogens with zero attached hydrogens (tertiary/aromatic N) is 2. The Morgan fingerprint density at radius 2 is 1.86 bits per heavy atom. The number of carbonyl (C=O) groups excluding carboxylic acids is 4. The van der Waals surface area contributed by atoms with Crippen LogP contribution >= 0.6 is 0 Å². The number of urea groups is 1. The third kappa shape index (κ3) is 4.03. The molecule has 0 unspecified atom stereocenters. The van der Waals surface area contributed by atoms with Gasteiger partial charge in [-0.1, -0.05) is 30.3 Å². The van der Waals surface area contributed by atoms with Gasteiger partial charge in [0.1, 0.15) is 0 Å². The van der Waals surface area contributed by atoms with E-state index in [0.717, 1.165) is 18.4 Å². The van der Waals surface area contributed by atoms with Crippen molar-refractivity contribution < 1.29 is 19.2 Å². The first kappa shape index (κ1) is 19.2. The van der Waals surface area contributed by atoms with Crippen LogP contribution in [0.15, 0.2) is 30.3 Å². The summed E-state index contributed by atoms with van der Waals surface area (Å²) in [5.74, 6) is -0.939. The van der Waals surface area contributed by atoms with Gasteiger partial charge in [0.05, 0.1) is 31.1 Å². The molecule has 9 heteroatoms. The van der Waals surface area contributed by atoms with Gasteiger partial charge < -0.3 is 26.2 Å². The molecular formula is C20H25N5O4. The largest absolute Gasteiger partial charge is 0.353 e. The maximum atomic E-state index is 13.0. The number of fused-ring (bicyclic) bond motifs is 1. The van der Waals surface area contributed by atoms with Gasteiger partial charge in [-0.3, -0.25) is 14.4 Å². The van der Waals surface area contributed by atoms with Crippen LogP contribution in [0.25, 0.3) is 0 Å². The van der Waals surface area contributed by atoms with Crippen molar-refractivity contribution in [2.24, 2.45) is 11.7 Å². The van der Waals surface area contributed by atoms with Crippen LogP contribution in [-0.4, -0.2) is 65.3 Å². The van der Waals surface area contributed by atoms with Crippen LogP contribution in [0.1, 0.15) is 30.9 Å². The molecule has 3 atom stereocenters. The van der Waals surface area contributed by atoms with Crippen LogP contribution < -0.4 is 16.4 Å².